The molecule has 0 aromatic heterocycles. The molecule has 1 atom stereocenters. The lowest BCUT2D eigenvalue weighted by Crippen LogP contribution is -2.48. The highest BCUT2D eigenvalue weighted by Gasteiger charge is 2.25. The number of hydrogen-bond donors (Lipinski definition) is 3. The molecule has 1 saturated heterocycles. The van der Waals surface area contributed by atoms with E-state index in [4.69, 9.17) is 5.11 Å². The van der Waals surface area contributed by atoms with Gasteiger partial charge in [-0.05, 0) is 36.6 Å². The molecule has 0 aliphatic carbocycles. The van der Waals surface area contributed by atoms with E-state index in [-0.39, 0.29) is 41.1 Å². The zero-order valence-corrected chi connectivity index (χ0v) is 17.4. The molecular weight excluding hydrogens is 408 g/mol. The molecule has 1 unspecified atom stereocenters. The van der Waals surface area contributed by atoms with Crippen LogP contribution in [0.15, 0.2) is 42.5 Å². The van der Waals surface area contributed by atoms with Gasteiger partial charge in [-0.3, -0.25) is 9.80 Å². The first-order valence-electron chi connectivity index (χ1n) is 9.21. The van der Waals surface area contributed by atoms with Crippen LogP contribution in [0.1, 0.15) is 22.7 Å². The van der Waals surface area contributed by atoms with Crippen LogP contribution in [-0.2, 0) is 6.42 Å². The second kappa shape index (κ2) is 10.1. The molecule has 0 amide bonds. The number of phenolic OH excluding ortho intramolecular Hbond substituents is 2. The van der Waals surface area contributed by atoms with Gasteiger partial charge < -0.3 is 15.3 Å². The first kappa shape index (κ1) is 21.7. The first-order chi connectivity index (χ1) is 12.6. The van der Waals surface area contributed by atoms with Crippen LogP contribution in [0.25, 0.3) is 0 Å². The second-order valence-electron chi connectivity index (χ2n) is 7.05. The van der Waals surface area contributed by atoms with Crippen molar-refractivity contribution in [3.05, 3.63) is 59.2 Å². The highest BCUT2D eigenvalue weighted by Crippen LogP contribution is 2.30. The Balaban J connectivity index is 0.00000261. The number of nitrogens with zero attached hydrogens (tertiary/aromatic N) is 2. The van der Waals surface area contributed by atoms with Crippen molar-refractivity contribution in [2.75, 3.05) is 39.3 Å². The first-order valence-corrected chi connectivity index (χ1v) is 9.21. The average Bonchev–Trinajstić information content (AvgIpc) is 2.65. The third-order valence-corrected chi connectivity index (χ3v) is 5.19. The van der Waals surface area contributed by atoms with Crippen LogP contribution in [0.2, 0.25) is 0 Å². The summed E-state index contributed by atoms with van der Waals surface area (Å²) in [6.07, 6.45) is 0.775. The Hall–Kier alpha value is -1.60. The summed E-state index contributed by atoms with van der Waals surface area (Å²) in [6, 6.07) is 13.9. The lowest BCUT2D eigenvalue weighted by atomic mass is 9.95. The fourth-order valence-electron chi connectivity index (χ4n) is 3.61. The lowest BCUT2D eigenvalue weighted by Gasteiger charge is -2.39. The topological polar surface area (TPSA) is 67.2 Å². The molecule has 0 spiro atoms. The van der Waals surface area contributed by atoms with Gasteiger partial charge in [-0.2, -0.15) is 0 Å². The minimum absolute atomic E-state index is 0. The molecule has 6 heteroatoms. The van der Waals surface area contributed by atoms with Crippen LogP contribution in [0.3, 0.4) is 0 Å². The zero-order valence-electron chi connectivity index (χ0n) is 15.7. The van der Waals surface area contributed by atoms with Crippen molar-refractivity contribution in [1.82, 2.24) is 9.80 Å². The largest absolute Gasteiger partial charge is 0.504 e. The summed E-state index contributed by atoms with van der Waals surface area (Å²) in [6.45, 7) is 6.81. The number of aliphatic hydroxyl groups excluding tert-OH is 1. The van der Waals surface area contributed by atoms with Gasteiger partial charge in [0.05, 0.1) is 6.61 Å². The summed E-state index contributed by atoms with van der Waals surface area (Å²) in [7, 11) is 0. The minimum atomic E-state index is -0.0850. The molecule has 3 N–H and O–H groups in total. The van der Waals surface area contributed by atoms with Gasteiger partial charge in [-0.1, -0.05) is 35.9 Å². The molecule has 0 bridgehead atoms. The Kier molecular flexibility index (Phi) is 8.10. The normalized spacial score (nSPS) is 16.7. The molecule has 3 rings (SSSR count). The van der Waals surface area contributed by atoms with Crippen LogP contribution in [0.5, 0.6) is 11.5 Å². The number of rotatable bonds is 6. The summed E-state index contributed by atoms with van der Waals surface area (Å²) in [5.41, 5.74) is 3.50. The summed E-state index contributed by atoms with van der Waals surface area (Å²) < 4.78 is 0. The maximum absolute atomic E-state index is 9.83. The van der Waals surface area contributed by atoms with Crippen LogP contribution in [0, 0.1) is 6.92 Å². The molecule has 1 aliphatic heterocycles. The van der Waals surface area contributed by atoms with E-state index in [1.807, 2.05) is 6.07 Å². The molecular formula is C21H29BrN2O3. The summed E-state index contributed by atoms with van der Waals surface area (Å²) in [5.74, 6) is -0.156. The number of piperazine rings is 1. The van der Waals surface area contributed by atoms with Gasteiger partial charge in [-0.25, -0.2) is 0 Å². The second-order valence-corrected chi connectivity index (χ2v) is 7.05. The van der Waals surface area contributed by atoms with E-state index in [2.05, 4.69) is 41.0 Å². The van der Waals surface area contributed by atoms with Gasteiger partial charge >= 0.3 is 0 Å². The highest BCUT2D eigenvalue weighted by atomic mass is 79.9. The van der Waals surface area contributed by atoms with Crippen molar-refractivity contribution in [2.24, 2.45) is 0 Å². The molecule has 0 saturated carbocycles. The number of aromatic hydroxyl groups is 2. The van der Waals surface area contributed by atoms with Crippen molar-refractivity contribution < 1.29 is 15.3 Å². The molecule has 148 valence electrons. The Labute approximate surface area is 171 Å². The fraction of sp³-hybridized carbons (Fsp3) is 0.429. The maximum Gasteiger partial charge on any atom is 0.157 e. The third-order valence-electron chi connectivity index (χ3n) is 5.19. The van der Waals surface area contributed by atoms with E-state index in [1.54, 1.807) is 12.1 Å². The van der Waals surface area contributed by atoms with Gasteiger partial charge in [0.25, 0.3) is 0 Å². The molecule has 27 heavy (non-hydrogen) atoms. The van der Waals surface area contributed by atoms with E-state index in [0.717, 1.165) is 44.7 Å². The summed E-state index contributed by atoms with van der Waals surface area (Å²) in [4.78, 5) is 4.76. The molecule has 1 fully saturated rings. The quantitative estimate of drug-likeness (QED) is 0.607. The van der Waals surface area contributed by atoms with Crippen LogP contribution in [-0.4, -0.2) is 64.5 Å². The summed E-state index contributed by atoms with van der Waals surface area (Å²) in [5, 5.41) is 28.5. The Morgan fingerprint density at radius 2 is 1.59 bits per heavy atom. The standard InChI is InChI=1S/C21H28N2O3.BrH/c1-16-2-5-18(6-3-16)19(14-17-4-7-20(25)21(26)15-17)23-10-8-22(9-11-23)12-13-24;/h2-7,15,19,24-26H,8-14H2,1H3;1H. The van der Waals surface area contributed by atoms with E-state index in [0.29, 0.717) is 0 Å². The Bertz CT molecular complexity index is 716. The van der Waals surface area contributed by atoms with Crippen molar-refractivity contribution in [3.63, 3.8) is 0 Å². The Morgan fingerprint density at radius 3 is 2.19 bits per heavy atom. The van der Waals surface area contributed by atoms with Crippen LogP contribution >= 0.6 is 17.0 Å². The average molecular weight is 437 g/mol. The van der Waals surface area contributed by atoms with Gasteiger partial charge in [0.2, 0.25) is 0 Å². The highest BCUT2D eigenvalue weighted by molar-refractivity contribution is 8.93. The van der Waals surface area contributed by atoms with Gasteiger partial charge in [0, 0.05) is 38.8 Å². The van der Waals surface area contributed by atoms with Crippen molar-refractivity contribution in [2.45, 2.75) is 19.4 Å². The maximum atomic E-state index is 9.83. The lowest BCUT2D eigenvalue weighted by molar-refractivity contribution is 0.0831. The van der Waals surface area contributed by atoms with Crippen molar-refractivity contribution in [1.29, 1.82) is 0 Å². The number of hydrogen-bond acceptors (Lipinski definition) is 5. The molecule has 0 radical (unpaired) electrons. The number of halogens is 1. The van der Waals surface area contributed by atoms with Crippen LogP contribution < -0.4 is 0 Å². The van der Waals surface area contributed by atoms with E-state index in [9.17, 15) is 10.2 Å². The third kappa shape index (κ3) is 5.69. The predicted molar refractivity (Wildman–Crippen MR) is 113 cm³/mol. The molecule has 1 aliphatic rings. The van der Waals surface area contributed by atoms with Crippen molar-refractivity contribution >= 4 is 17.0 Å². The fourth-order valence-corrected chi connectivity index (χ4v) is 3.61. The number of aryl methyl sites for hydroxylation is 1. The SMILES string of the molecule is Br.Cc1ccc(C(Cc2ccc(O)c(O)c2)N2CCN(CCO)CC2)cc1. The molecule has 5 nitrogen and oxygen atoms in total. The van der Waals surface area contributed by atoms with Gasteiger partial charge in [-0.15, -0.1) is 17.0 Å². The summed E-state index contributed by atoms with van der Waals surface area (Å²) >= 11 is 0. The molecule has 2 aromatic carbocycles. The number of phenols is 2. The van der Waals surface area contributed by atoms with E-state index < -0.39 is 0 Å². The predicted octanol–water partition coefficient (Wildman–Crippen LogP) is 2.88. The van der Waals surface area contributed by atoms with Crippen LogP contribution in [0.4, 0.5) is 0 Å². The molecule has 2 aromatic rings. The Morgan fingerprint density at radius 1 is 0.926 bits per heavy atom. The number of β-amino-alcohol motifs (C(OH)–C–C–N with tert-alkyl or cyclic N) is 1. The van der Waals surface area contributed by atoms with E-state index in [1.165, 1.54) is 11.1 Å². The van der Waals surface area contributed by atoms with Gasteiger partial charge in [0.1, 0.15) is 0 Å². The van der Waals surface area contributed by atoms with E-state index >= 15 is 0 Å². The molecule has 1 heterocycles. The number of aliphatic hydroxyl groups is 1. The smallest absolute Gasteiger partial charge is 0.157 e. The number of benzene rings is 2. The zero-order chi connectivity index (χ0) is 18.5. The van der Waals surface area contributed by atoms with Crippen molar-refractivity contribution in [3.8, 4) is 11.5 Å². The van der Waals surface area contributed by atoms with Gasteiger partial charge in [0.15, 0.2) is 11.5 Å². The monoisotopic (exact) mass is 436 g/mol. The minimum Gasteiger partial charge on any atom is -0.504 e.